The van der Waals surface area contributed by atoms with E-state index < -0.39 is 0 Å². The molecule has 25 heavy (non-hydrogen) atoms. The van der Waals surface area contributed by atoms with Crippen molar-refractivity contribution in [1.82, 2.24) is 9.97 Å². The number of rotatable bonds is 5. The first-order valence-corrected chi connectivity index (χ1v) is 8.20. The number of benzene rings is 2. The average Bonchev–Trinajstić information content (AvgIpc) is 2.56. The fraction of sp³-hybridized carbons (Fsp3) is 0.200. The Kier molecular flexibility index (Phi) is 4.84. The second-order valence-corrected chi connectivity index (χ2v) is 6.68. The quantitative estimate of drug-likeness (QED) is 0.669. The van der Waals surface area contributed by atoms with E-state index in [9.17, 15) is 0 Å². The molecule has 5 heteroatoms. The summed E-state index contributed by atoms with van der Waals surface area (Å²) in [7, 11) is 0. The SMILES string of the molecule is CC(C)(C)Nc1ccnc(Nc2ccccc2Oc2ccccc2)n1. The lowest BCUT2D eigenvalue weighted by atomic mass is 10.1. The molecule has 0 aliphatic heterocycles. The van der Waals surface area contributed by atoms with Gasteiger partial charge in [0.1, 0.15) is 11.6 Å². The summed E-state index contributed by atoms with van der Waals surface area (Å²) in [6.45, 7) is 6.27. The maximum atomic E-state index is 5.96. The van der Waals surface area contributed by atoms with Crippen LogP contribution in [0, 0.1) is 0 Å². The molecule has 0 saturated heterocycles. The first-order valence-electron chi connectivity index (χ1n) is 8.20. The Morgan fingerprint density at radius 2 is 1.60 bits per heavy atom. The summed E-state index contributed by atoms with van der Waals surface area (Å²) in [6.07, 6.45) is 1.73. The van der Waals surface area contributed by atoms with E-state index in [-0.39, 0.29) is 5.54 Å². The zero-order chi connectivity index (χ0) is 17.7. The zero-order valence-corrected chi connectivity index (χ0v) is 14.7. The van der Waals surface area contributed by atoms with Crippen LogP contribution in [-0.4, -0.2) is 15.5 Å². The molecule has 3 rings (SSSR count). The van der Waals surface area contributed by atoms with Crippen molar-refractivity contribution in [3.63, 3.8) is 0 Å². The van der Waals surface area contributed by atoms with Crippen LogP contribution in [0.15, 0.2) is 66.9 Å². The Morgan fingerprint density at radius 1 is 0.880 bits per heavy atom. The van der Waals surface area contributed by atoms with Gasteiger partial charge in [0, 0.05) is 11.7 Å². The van der Waals surface area contributed by atoms with Crippen molar-refractivity contribution < 1.29 is 4.74 Å². The van der Waals surface area contributed by atoms with E-state index in [4.69, 9.17) is 4.74 Å². The maximum absolute atomic E-state index is 5.96. The van der Waals surface area contributed by atoms with Gasteiger partial charge < -0.3 is 15.4 Å². The van der Waals surface area contributed by atoms with Gasteiger partial charge in [0.05, 0.1) is 5.69 Å². The molecule has 1 heterocycles. The molecule has 0 radical (unpaired) electrons. The molecule has 0 atom stereocenters. The van der Waals surface area contributed by atoms with E-state index in [0.29, 0.717) is 11.7 Å². The van der Waals surface area contributed by atoms with Gasteiger partial charge in [-0.15, -0.1) is 0 Å². The van der Waals surface area contributed by atoms with Crippen LogP contribution in [-0.2, 0) is 0 Å². The van der Waals surface area contributed by atoms with Crippen molar-refractivity contribution in [2.45, 2.75) is 26.3 Å². The average molecular weight is 334 g/mol. The van der Waals surface area contributed by atoms with Gasteiger partial charge in [0.15, 0.2) is 5.75 Å². The van der Waals surface area contributed by atoms with Crippen molar-refractivity contribution in [2.24, 2.45) is 0 Å². The van der Waals surface area contributed by atoms with Crippen LogP contribution in [0.25, 0.3) is 0 Å². The highest BCUT2D eigenvalue weighted by molar-refractivity contribution is 5.63. The molecule has 0 aliphatic rings. The number of hydrogen-bond donors (Lipinski definition) is 2. The Hall–Kier alpha value is -3.08. The Morgan fingerprint density at radius 3 is 2.36 bits per heavy atom. The van der Waals surface area contributed by atoms with Gasteiger partial charge >= 0.3 is 0 Å². The topological polar surface area (TPSA) is 59.1 Å². The van der Waals surface area contributed by atoms with Crippen LogP contribution in [0.3, 0.4) is 0 Å². The molecule has 0 unspecified atom stereocenters. The fourth-order valence-electron chi connectivity index (χ4n) is 2.27. The van der Waals surface area contributed by atoms with Crippen molar-refractivity contribution in [1.29, 1.82) is 0 Å². The maximum Gasteiger partial charge on any atom is 0.229 e. The second-order valence-electron chi connectivity index (χ2n) is 6.68. The zero-order valence-electron chi connectivity index (χ0n) is 14.7. The number of nitrogens with one attached hydrogen (secondary N) is 2. The van der Waals surface area contributed by atoms with Crippen molar-refractivity contribution in [2.75, 3.05) is 10.6 Å². The largest absolute Gasteiger partial charge is 0.455 e. The molecule has 2 N–H and O–H groups in total. The standard InChI is InChI=1S/C20H22N4O/c1-20(2,3)24-18-13-14-21-19(23-18)22-16-11-7-8-12-17(16)25-15-9-5-4-6-10-15/h4-14H,1-3H3,(H2,21,22,23,24). The first kappa shape index (κ1) is 16.8. The van der Waals surface area contributed by atoms with Gasteiger partial charge in [-0.1, -0.05) is 30.3 Å². The van der Waals surface area contributed by atoms with E-state index in [2.05, 4.69) is 41.4 Å². The lowest BCUT2D eigenvalue weighted by Gasteiger charge is -2.21. The van der Waals surface area contributed by atoms with Crippen LogP contribution in [0.1, 0.15) is 20.8 Å². The van der Waals surface area contributed by atoms with E-state index >= 15 is 0 Å². The van der Waals surface area contributed by atoms with Gasteiger partial charge in [-0.25, -0.2) is 4.98 Å². The van der Waals surface area contributed by atoms with Gasteiger partial charge in [-0.2, -0.15) is 4.98 Å². The summed E-state index contributed by atoms with van der Waals surface area (Å²) in [6, 6.07) is 19.2. The highest BCUT2D eigenvalue weighted by Crippen LogP contribution is 2.30. The van der Waals surface area contributed by atoms with Gasteiger partial charge in [0.2, 0.25) is 5.95 Å². The number of anilines is 3. The minimum atomic E-state index is -0.0695. The summed E-state index contributed by atoms with van der Waals surface area (Å²) in [5.74, 6) is 2.78. The molecule has 2 aromatic carbocycles. The smallest absolute Gasteiger partial charge is 0.229 e. The summed E-state index contributed by atoms with van der Waals surface area (Å²) < 4.78 is 5.96. The minimum absolute atomic E-state index is 0.0695. The summed E-state index contributed by atoms with van der Waals surface area (Å²) >= 11 is 0. The van der Waals surface area contributed by atoms with Crippen LogP contribution < -0.4 is 15.4 Å². The lowest BCUT2D eigenvalue weighted by molar-refractivity contribution is 0.485. The van der Waals surface area contributed by atoms with E-state index in [1.165, 1.54) is 0 Å². The molecule has 128 valence electrons. The molecule has 0 bridgehead atoms. The minimum Gasteiger partial charge on any atom is -0.455 e. The van der Waals surface area contributed by atoms with E-state index in [1.807, 2.05) is 60.7 Å². The molecule has 0 amide bonds. The summed E-state index contributed by atoms with van der Waals surface area (Å²) in [5, 5.41) is 6.57. The molecule has 3 aromatic rings. The van der Waals surface area contributed by atoms with Crippen LogP contribution in [0.5, 0.6) is 11.5 Å². The number of hydrogen-bond acceptors (Lipinski definition) is 5. The Balaban J connectivity index is 1.80. The fourth-order valence-corrected chi connectivity index (χ4v) is 2.27. The van der Waals surface area contributed by atoms with Crippen molar-refractivity contribution >= 4 is 17.5 Å². The molecular formula is C20H22N4O. The lowest BCUT2D eigenvalue weighted by Crippen LogP contribution is -2.26. The van der Waals surface area contributed by atoms with E-state index in [0.717, 1.165) is 17.3 Å². The molecule has 0 fully saturated rings. The van der Waals surface area contributed by atoms with Crippen LogP contribution >= 0.6 is 0 Å². The Labute approximate surface area is 148 Å². The molecule has 5 nitrogen and oxygen atoms in total. The number of nitrogens with zero attached hydrogens (tertiary/aromatic N) is 2. The summed E-state index contributed by atoms with van der Waals surface area (Å²) in [5.41, 5.74) is 0.735. The third-order valence-electron chi connectivity index (χ3n) is 3.26. The molecule has 0 saturated carbocycles. The monoisotopic (exact) mass is 334 g/mol. The predicted octanol–water partition coefficient (Wildman–Crippen LogP) is 5.22. The Bertz CT molecular complexity index is 828. The normalized spacial score (nSPS) is 11.0. The molecule has 0 aliphatic carbocycles. The second kappa shape index (κ2) is 7.21. The highest BCUT2D eigenvalue weighted by atomic mass is 16.5. The third kappa shape index (κ3) is 4.94. The van der Waals surface area contributed by atoms with Crippen molar-refractivity contribution in [3.05, 3.63) is 66.9 Å². The van der Waals surface area contributed by atoms with Crippen molar-refractivity contribution in [3.8, 4) is 11.5 Å². The molecule has 0 spiro atoms. The van der Waals surface area contributed by atoms with Gasteiger partial charge in [0.25, 0.3) is 0 Å². The number of aromatic nitrogens is 2. The predicted molar refractivity (Wildman–Crippen MR) is 102 cm³/mol. The van der Waals surface area contributed by atoms with Crippen LogP contribution in [0.2, 0.25) is 0 Å². The van der Waals surface area contributed by atoms with Gasteiger partial charge in [-0.05, 0) is 51.1 Å². The van der Waals surface area contributed by atoms with Gasteiger partial charge in [-0.3, -0.25) is 0 Å². The highest BCUT2D eigenvalue weighted by Gasteiger charge is 2.11. The molecule has 1 aromatic heterocycles. The first-order chi connectivity index (χ1) is 12.0. The number of para-hydroxylation sites is 3. The third-order valence-corrected chi connectivity index (χ3v) is 3.26. The van der Waals surface area contributed by atoms with Crippen LogP contribution in [0.4, 0.5) is 17.5 Å². The number of ether oxygens (including phenoxy) is 1. The summed E-state index contributed by atoms with van der Waals surface area (Å²) in [4.78, 5) is 8.81. The van der Waals surface area contributed by atoms with E-state index in [1.54, 1.807) is 6.20 Å². The molecular weight excluding hydrogens is 312 g/mol.